The lowest BCUT2D eigenvalue weighted by molar-refractivity contribution is -0.116. The average Bonchev–Trinajstić information content (AvgIpc) is 2.53. The highest BCUT2D eigenvalue weighted by Crippen LogP contribution is 2.13. The van der Waals surface area contributed by atoms with Gasteiger partial charge in [-0.1, -0.05) is 35.9 Å². The summed E-state index contributed by atoms with van der Waals surface area (Å²) in [7, 11) is 0. The highest BCUT2D eigenvalue weighted by Gasteiger charge is 2.12. The zero-order chi connectivity index (χ0) is 15.9. The molecule has 0 fully saturated rings. The van der Waals surface area contributed by atoms with E-state index in [0.717, 1.165) is 5.56 Å². The Balaban J connectivity index is 2.02. The number of hydrogen-bond acceptors (Lipinski definition) is 2. The number of nitriles is 1. The number of nitrogens with zero attached hydrogens (tertiary/aromatic N) is 1. The van der Waals surface area contributed by atoms with Crippen LogP contribution < -0.4 is 5.32 Å². The van der Waals surface area contributed by atoms with Crippen LogP contribution >= 0.6 is 11.6 Å². The number of halogens is 2. The first-order valence-corrected chi connectivity index (χ1v) is 6.85. The Bertz CT molecular complexity index is 718. The normalized spacial score (nSPS) is 11.9. The zero-order valence-electron chi connectivity index (χ0n) is 11.5. The van der Waals surface area contributed by atoms with Crippen molar-refractivity contribution >= 4 is 23.6 Å². The molecule has 2 aromatic rings. The van der Waals surface area contributed by atoms with Gasteiger partial charge in [0.05, 0.1) is 6.07 Å². The molecule has 22 heavy (non-hydrogen) atoms. The molecule has 3 nitrogen and oxygen atoms in total. The van der Waals surface area contributed by atoms with Gasteiger partial charge < -0.3 is 5.32 Å². The summed E-state index contributed by atoms with van der Waals surface area (Å²) in [5.41, 5.74) is 1.34. The molecule has 0 aliphatic rings. The van der Waals surface area contributed by atoms with Crippen LogP contribution in [0.25, 0.3) is 6.08 Å². The summed E-state index contributed by atoms with van der Waals surface area (Å²) in [5.74, 6) is -0.805. The first-order valence-electron chi connectivity index (χ1n) is 6.48. The Morgan fingerprint density at radius 2 is 1.82 bits per heavy atom. The van der Waals surface area contributed by atoms with Gasteiger partial charge in [-0.25, -0.2) is 4.39 Å². The molecule has 0 saturated heterocycles. The van der Waals surface area contributed by atoms with Crippen LogP contribution in [0.4, 0.5) is 4.39 Å². The third-order valence-corrected chi connectivity index (χ3v) is 3.17. The second kappa shape index (κ2) is 7.39. The van der Waals surface area contributed by atoms with E-state index < -0.39 is 17.8 Å². The molecular weight excluding hydrogens is 303 g/mol. The maximum atomic E-state index is 12.9. The Kier molecular flexibility index (Phi) is 5.29. The summed E-state index contributed by atoms with van der Waals surface area (Å²) in [6.45, 7) is 0. The molecule has 110 valence electrons. The van der Waals surface area contributed by atoms with Crippen LogP contribution in [0.3, 0.4) is 0 Å². The number of rotatable bonds is 4. The molecule has 0 heterocycles. The quantitative estimate of drug-likeness (QED) is 0.871. The maximum absolute atomic E-state index is 12.9. The van der Waals surface area contributed by atoms with Crippen LogP contribution in [0.5, 0.6) is 0 Å². The van der Waals surface area contributed by atoms with E-state index in [2.05, 4.69) is 5.32 Å². The minimum atomic E-state index is -0.831. The maximum Gasteiger partial charge on any atom is 0.245 e. The van der Waals surface area contributed by atoms with E-state index in [0.29, 0.717) is 10.6 Å². The third-order valence-electron chi connectivity index (χ3n) is 2.92. The lowest BCUT2D eigenvalue weighted by Crippen LogP contribution is -2.25. The minimum Gasteiger partial charge on any atom is -0.333 e. The lowest BCUT2D eigenvalue weighted by atomic mass is 10.1. The topological polar surface area (TPSA) is 52.9 Å². The predicted molar refractivity (Wildman–Crippen MR) is 83.4 cm³/mol. The van der Waals surface area contributed by atoms with Crippen molar-refractivity contribution in [2.75, 3.05) is 0 Å². The van der Waals surface area contributed by atoms with Gasteiger partial charge in [-0.15, -0.1) is 0 Å². The van der Waals surface area contributed by atoms with E-state index in [1.807, 2.05) is 6.07 Å². The summed E-state index contributed by atoms with van der Waals surface area (Å²) in [6, 6.07) is 13.5. The molecule has 5 heteroatoms. The number of benzene rings is 2. The third kappa shape index (κ3) is 4.44. The van der Waals surface area contributed by atoms with Gasteiger partial charge >= 0.3 is 0 Å². The molecule has 1 N–H and O–H groups in total. The molecule has 0 aliphatic heterocycles. The van der Waals surface area contributed by atoms with Gasteiger partial charge in [0.2, 0.25) is 5.91 Å². The van der Waals surface area contributed by atoms with Crippen LogP contribution in [-0.4, -0.2) is 5.91 Å². The SMILES string of the molecule is N#C[C@H](NC(=O)/C=C/c1ccc(Cl)cc1)c1ccc(F)cc1. The van der Waals surface area contributed by atoms with Crippen LogP contribution in [0.2, 0.25) is 5.02 Å². The molecule has 0 spiro atoms. The van der Waals surface area contributed by atoms with Gasteiger partial charge in [-0.2, -0.15) is 5.26 Å². The molecule has 0 radical (unpaired) electrons. The summed E-state index contributed by atoms with van der Waals surface area (Å²) >= 11 is 5.77. The van der Waals surface area contributed by atoms with E-state index >= 15 is 0 Å². The molecular formula is C17H12ClFN2O. The van der Waals surface area contributed by atoms with E-state index in [1.165, 1.54) is 30.3 Å². The predicted octanol–water partition coefficient (Wildman–Crippen LogP) is 3.87. The van der Waals surface area contributed by atoms with Crippen LogP contribution in [0, 0.1) is 17.1 Å². The highest BCUT2D eigenvalue weighted by atomic mass is 35.5. The van der Waals surface area contributed by atoms with Crippen molar-refractivity contribution in [3.8, 4) is 6.07 Å². The van der Waals surface area contributed by atoms with Gasteiger partial charge in [0.25, 0.3) is 0 Å². The van der Waals surface area contributed by atoms with Crippen molar-refractivity contribution in [3.05, 3.63) is 76.6 Å². The van der Waals surface area contributed by atoms with E-state index in [-0.39, 0.29) is 0 Å². The first kappa shape index (κ1) is 15.7. The fraction of sp³-hybridized carbons (Fsp3) is 0.0588. The second-order valence-corrected chi connectivity index (χ2v) is 4.94. The van der Waals surface area contributed by atoms with Crippen molar-refractivity contribution in [3.63, 3.8) is 0 Å². The molecule has 0 aliphatic carbocycles. The number of hydrogen-bond donors (Lipinski definition) is 1. The first-order chi connectivity index (χ1) is 10.6. The zero-order valence-corrected chi connectivity index (χ0v) is 12.2. The number of nitrogens with one attached hydrogen (secondary N) is 1. The van der Waals surface area contributed by atoms with Gasteiger partial charge in [0.15, 0.2) is 0 Å². The standard InChI is InChI=1S/C17H12ClFN2O/c18-14-6-1-12(2-7-14)3-10-17(22)21-16(11-20)13-4-8-15(19)9-5-13/h1-10,16H,(H,21,22)/b10-3+/t16-/m0/s1. The van der Waals surface area contributed by atoms with Crippen LogP contribution in [-0.2, 0) is 4.79 Å². The number of carbonyl (C=O) groups is 1. The van der Waals surface area contributed by atoms with Crippen molar-refractivity contribution in [1.82, 2.24) is 5.32 Å². The Hall–Kier alpha value is -2.64. The summed E-state index contributed by atoms with van der Waals surface area (Å²) < 4.78 is 12.9. The van der Waals surface area contributed by atoms with E-state index in [4.69, 9.17) is 16.9 Å². The van der Waals surface area contributed by atoms with Crippen molar-refractivity contribution in [2.45, 2.75) is 6.04 Å². The number of amides is 1. The molecule has 0 aromatic heterocycles. The molecule has 1 atom stereocenters. The Morgan fingerprint density at radius 1 is 1.18 bits per heavy atom. The van der Waals surface area contributed by atoms with Gasteiger partial charge in [-0.05, 0) is 41.5 Å². The fourth-order valence-electron chi connectivity index (χ4n) is 1.78. The monoisotopic (exact) mass is 314 g/mol. The summed E-state index contributed by atoms with van der Waals surface area (Å²) in [5, 5.41) is 12.3. The average molecular weight is 315 g/mol. The van der Waals surface area contributed by atoms with Crippen molar-refractivity contribution in [2.24, 2.45) is 0 Å². The Labute approximate surface area is 132 Å². The lowest BCUT2D eigenvalue weighted by Gasteiger charge is -2.10. The highest BCUT2D eigenvalue weighted by molar-refractivity contribution is 6.30. The van der Waals surface area contributed by atoms with Gasteiger partial charge in [-0.3, -0.25) is 4.79 Å². The fourth-order valence-corrected chi connectivity index (χ4v) is 1.91. The molecule has 0 saturated carbocycles. The summed E-state index contributed by atoms with van der Waals surface area (Å²) in [4.78, 5) is 11.8. The largest absolute Gasteiger partial charge is 0.333 e. The van der Waals surface area contributed by atoms with E-state index in [1.54, 1.807) is 30.3 Å². The smallest absolute Gasteiger partial charge is 0.245 e. The van der Waals surface area contributed by atoms with Crippen LogP contribution in [0.1, 0.15) is 17.2 Å². The number of carbonyl (C=O) groups excluding carboxylic acids is 1. The Morgan fingerprint density at radius 3 is 2.41 bits per heavy atom. The second-order valence-electron chi connectivity index (χ2n) is 4.51. The molecule has 2 aromatic carbocycles. The molecule has 0 unspecified atom stereocenters. The molecule has 2 rings (SSSR count). The minimum absolute atomic E-state index is 0.394. The van der Waals surface area contributed by atoms with E-state index in [9.17, 15) is 9.18 Å². The molecule has 1 amide bonds. The van der Waals surface area contributed by atoms with Gasteiger partial charge in [0, 0.05) is 11.1 Å². The van der Waals surface area contributed by atoms with Crippen molar-refractivity contribution < 1.29 is 9.18 Å². The van der Waals surface area contributed by atoms with Crippen LogP contribution in [0.15, 0.2) is 54.6 Å². The van der Waals surface area contributed by atoms with Crippen molar-refractivity contribution in [1.29, 1.82) is 5.26 Å². The summed E-state index contributed by atoms with van der Waals surface area (Å²) in [6.07, 6.45) is 2.95. The molecule has 0 bridgehead atoms. The van der Waals surface area contributed by atoms with Gasteiger partial charge in [0.1, 0.15) is 11.9 Å².